The summed E-state index contributed by atoms with van der Waals surface area (Å²) in [6.45, 7) is 0.907. The van der Waals surface area contributed by atoms with E-state index in [2.05, 4.69) is 10.6 Å². The van der Waals surface area contributed by atoms with Crippen molar-refractivity contribution in [2.75, 3.05) is 17.7 Å². The molecule has 0 bridgehead atoms. The standard InChI is InChI=1S/C19H18N2O3/c1-24-15-10-6-5-9-14(15)12-21-17-16(18(22)19(17)23)20-11-13-7-3-2-4-8-13/h2-10,20-21H,11-12H2,1H3. The molecule has 122 valence electrons. The zero-order valence-electron chi connectivity index (χ0n) is 13.3. The molecule has 0 fully saturated rings. The lowest BCUT2D eigenvalue weighted by Gasteiger charge is -2.16. The van der Waals surface area contributed by atoms with Gasteiger partial charge in [0.15, 0.2) is 0 Å². The average Bonchev–Trinajstić information content (AvgIpc) is 2.64. The molecule has 0 spiro atoms. The van der Waals surface area contributed by atoms with Gasteiger partial charge in [0.05, 0.1) is 7.11 Å². The van der Waals surface area contributed by atoms with E-state index in [1.807, 2.05) is 54.6 Å². The van der Waals surface area contributed by atoms with Crippen LogP contribution in [0.15, 0.2) is 64.2 Å². The van der Waals surface area contributed by atoms with E-state index in [0.717, 1.165) is 16.9 Å². The van der Waals surface area contributed by atoms with E-state index >= 15 is 0 Å². The molecular formula is C19H18N2O3. The first kappa shape index (κ1) is 15.8. The summed E-state index contributed by atoms with van der Waals surface area (Å²) in [5.74, 6) is 0.738. The summed E-state index contributed by atoms with van der Waals surface area (Å²) < 4.78 is 5.29. The summed E-state index contributed by atoms with van der Waals surface area (Å²) in [7, 11) is 1.60. The summed E-state index contributed by atoms with van der Waals surface area (Å²) in [6.07, 6.45) is 0. The van der Waals surface area contributed by atoms with Gasteiger partial charge in [0, 0.05) is 18.7 Å². The first-order valence-electron chi connectivity index (χ1n) is 7.67. The van der Waals surface area contributed by atoms with Crippen LogP contribution in [0.2, 0.25) is 0 Å². The minimum atomic E-state index is -0.486. The molecule has 3 aromatic carbocycles. The molecule has 0 aliphatic rings. The molecule has 3 aromatic rings. The van der Waals surface area contributed by atoms with Gasteiger partial charge in [-0.25, -0.2) is 0 Å². The molecule has 3 rings (SSSR count). The van der Waals surface area contributed by atoms with Gasteiger partial charge in [-0.15, -0.1) is 0 Å². The van der Waals surface area contributed by atoms with Gasteiger partial charge >= 0.3 is 0 Å². The summed E-state index contributed by atoms with van der Waals surface area (Å²) >= 11 is 0. The van der Waals surface area contributed by atoms with Crippen LogP contribution in [-0.2, 0) is 13.1 Å². The Hall–Kier alpha value is -3.08. The van der Waals surface area contributed by atoms with E-state index in [1.165, 1.54) is 0 Å². The van der Waals surface area contributed by atoms with E-state index in [-0.39, 0.29) is 0 Å². The molecule has 2 N–H and O–H groups in total. The zero-order chi connectivity index (χ0) is 16.9. The van der Waals surface area contributed by atoms with Crippen LogP contribution in [0.5, 0.6) is 5.75 Å². The summed E-state index contributed by atoms with van der Waals surface area (Å²) in [6, 6.07) is 17.3. The second-order valence-corrected chi connectivity index (χ2v) is 5.41. The van der Waals surface area contributed by atoms with Gasteiger partial charge in [0.2, 0.25) is 0 Å². The third kappa shape index (κ3) is 3.15. The first-order valence-corrected chi connectivity index (χ1v) is 7.67. The largest absolute Gasteiger partial charge is 0.496 e. The number of benzene rings is 2. The Morgan fingerprint density at radius 1 is 0.792 bits per heavy atom. The van der Waals surface area contributed by atoms with Gasteiger partial charge in [0.1, 0.15) is 17.1 Å². The fourth-order valence-electron chi connectivity index (χ4n) is 2.55. The van der Waals surface area contributed by atoms with Crippen LogP contribution in [0, 0.1) is 0 Å². The van der Waals surface area contributed by atoms with Crippen molar-refractivity contribution in [2.45, 2.75) is 13.1 Å². The lowest BCUT2D eigenvalue weighted by atomic mass is 10.1. The van der Waals surface area contributed by atoms with Crippen LogP contribution in [-0.4, -0.2) is 7.11 Å². The molecule has 0 radical (unpaired) electrons. The first-order chi connectivity index (χ1) is 11.7. The number of hydrogen-bond acceptors (Lipinski definition) is 5. The van der Waals surface area contributed by atoms with Crippen molar-refractivity contribution in [1.29, 1.82) is 0 Å². The van der Waals surface area contributed by atoms with E-state index < -0.39 is 10.9 Å². The Labute approximate surface area is 139 Å². The van der Waals surface area contributed by atoms with Crippen LogP contribution < -0.4 is 26.2 Å². The maximum atomic E-state index is 11.8. The van der Waals surface area contributed by atoms with Crippen LogP contribution in [0.4, 0.5) is 11.4 Å². The van der Waals surface area contributed by atoms with Crippen LogP contribution in [0.25, 0.3) is 0 Å². The quantitative estimate of drug-likeness (QED) is 0.654. The molecule has 5 heteroatoms. The Morgan fingerprint density at radius 3 is 2.04 bits per heavy atom. The number of methoxy groups -OCH3 is 1. The van der Waals surface area contributed by atoms with Crippen LogP contribution in [0.3, 0.4) is 0 Å². The topological polar surface area (TPSA) is 67.4 Å². The Balaban J connectivity index is 1.70. The maximum Gasteiger partial charge on any atom is 0.253 e. The molecule has 0 unspecified atom stereocenters. The van der Waals surface area contributed by atoms with Gasteiger partial charge in [-0.2, -0.15) is 0 Å². The second kappa shape index (κ2) is 7.00. The molecule has 0 saturated carbocycles. The number of nitrogens with one attached hydrogen (secondary N) is 2. The smallest absolute Gasteiger partial charge is 0.253 e. The lowest BCUT2D eigenvalue weighted by Crippen LogP contribution is -2.37. The molecule has 0 atom stereocenters. The molecule has 24 heavy (non-hydrogen) atoms. The van der Waals surface area contributed by atoms with E-state index in [0.29, 0.717) is 24.5 Å². The normalized spacial score (nSPS) is 10.5. The van der Waals surface area contributed by atoms with Crippen molar-refractivity contribution in [3.63, 3.8) is 0 Å². The van der Waals surface area contributed by atoms with Crippen molar-refractivity contribution < 1.29 is 4.74 Å². The zero-order valence-corrected chi connectivity index (χ0v) is 13.3. The SMILES string of the molecule is COc1ccccc1CNc1c(NCc2ccccc2)c(=O)c1=O. The Morgan fingerprint density at radius 2 is 1.38 bits per heavy atom. The molecule has 5 nitrogen and oxygen atoms in total. The number of rotatable bonds is 7. The molecule has 0 saturated heterocycles. The number of para-hydroxylation sites is 1. The number of anilines is 2. The highest BCUT2D eigenvalue weighted by Gasteiger charge is 2.20. The highest BCUT2D eigenvalue weighted by Crippen LogP contribution is 2.21. The van der Waals surface area contributed by atoms with Crippen molar-refractivity contribution >= 4 is 11.4 Å². The minimum absolute atomic E-state index is 0.335. The fraction of sp³-hybridized carbons (Fsp3) is 0.158. The van der Waals surface area contributed by atoms with Gasteiger partial charge in [0.25, 0.3) is 10.9 Å². The lowest BCUT2D eigenvalue weighted by molar-refractivity contribution is 0.410. The van der Waals surface area contributed by atoms with Crippen molar-refractivity contribution in [2.24, 2.45) is 0 Å². The number of hydrogen-bond donors (Lipinski definition) is 2. The maximum absolute atomic E-state index is 11.8. The minimum Gasteiger partial charge on any atom is -0.496 e. The van der Waals surface area contributed by atoms with E-state index in [4.69, 9.17) is 4.74 Å². The molecule has 0 aliphatic carbocycles. The van der Waals surface area contributed by atoms with E-state index in [9.17, 15) is 9.59 Å². The van der Waals surface area contributed by atoms with Crippen molar-refractivity contribution in [3.8, 4) is 5.75 Å². The third-order valence-corrected chi connectivity index (χ3v) is 3.87. The van der Waals surface area contributed by atoms with E-state index in [1.54, 1.807) is 7.11 Å². The molecular weight excluding hydrogens is 304 g/mol. The Bertz CT molecular complexity index is 897. The van der Waals surface area contributed by atoms with Crippen LogP contribution in [0.1, 0.15) is 11.1 Å². The second-order valence-electron chi connectivity index (χ2n) is 5.41. The summed E-state index contributed by atoms with van der Waals surface area (Å²) in [5, 5.41) is 6.09. The molecule has 0 heterocycles. The third-order valence-electron chi connectivity index (χ3n) is 3.87. The fourth-order valence-corrected chi connectivity index (χ4v) is 2.55. The Kier molecular flexibility index (Phi) is 4.61. The van der Waals surface area contributed by atoms with Gasteiger partial charge in [-0.05, 0) is 11.6 Å². The van der Waals surface area contributed by atoms with Gasteiger partial charge in [-0.3, -0.25) is 9.59 Å². The van der Waals surface area contributed by atoms with Gasteiger partial charge in [-0.1, -0.05) is 48.5 Å². The molecule has 0 aliphatic heterocycles. The average molecular weight is 322 g/mol. The van der Waals surface area contributed by atoms with Crippen LogP contribution >= 0.6 is 0 Å². The summed E-state index contributed by atoms with van der Waals surface area (Å²) in [4.78, 5) is 23.6. The predicted octanol–water partition coefficient (Wildman–Crippen LogP) is 2.52. The highest BCUT2D eigenvalue weighted by molar-refractivity contribution is 5.74. The predicted molar refractivity (Wildman–Crippen MR) is 95.4 cm³/mol. The number of ether oxygens (including phenoxy) is 1. The molecule has 0 aromatic heterocycles. The highest BCUT2D eigenvalue weighted by atomic mass is 16.5. The van der Waals surface area contributed by atoms with Crippen molar-refractivity contribution in [3.05, 3.63) is 86.2 Å². The monoisotopic (exact) mass is 322 g/mol. The van der Waals surface area contributed by atoms with Gasteiger partial charge < -0.3 is 15.4 Å². The molecule has 0 amide bonds. The summed E-state index contributed by atoms with van der Waals surface area (Å²) in [5.41, 5.74) is 1.68. The van der Waals surface area contributed by atoms with Crippen molar-refractivity contribution in [1.82, 2.24) is 0 Å².